The second kappa shape index (κ2) is 9.79. The minimum Gasteiger partial charge on any atom is -0.460 e. The van der Waals surface area contributed by atoms with Crippen LogP contribution in [0.4, 0.5) is 5.69 Å². The van der Waals surface area contributed by atoms with Crippen molar-refractivity contribution in [2.45, 2.75) is 39.2 Å². The van der Waals surface area contributed by atoms with E-state index in [1.165, 1.54) is 0 Å². The van der Waals surface area contributed by atoms with Gasteiger partial charge in [-0.1, -0.05) is 12.1 Å². The van der Waals surface area contributed by atoms with Crippen molar-refractivity contribution < 1.29 is 24.0 Å². The average molecular weight is 399 g/mol. The molecule has 8 heteroatoms. The van der Waals surface area contributed by atoms with Crippen molar-refractivity contribution in [3.63, 3.8) is 0 Å². The predicted octanol–water partition coefficient (Wildman–Crippen LogP) is 2.64. The Morgan fingerprint density at radius 3 is 2.24 bits per heavy atom. The highest BCUT2D eigenvalue weighted by molar-refractivity contribution is 6.04. The van der Waals surface area contributed by atoms with Crippen molar-refractivity contribution in [3.8, 4) is 0 Å². The molecule has 0 fully saturated rings. The van der Waals surface area contributed by atoms with E-state index >= 15 is 0 Å². The monoisotopic (exact) mass is 399 g/mol. The van der Waals surface area contributed by atoms with Crippen LogP contribution >= 0.6 is 0 Å². The maximum Gasteiger partial charge on any atom is 0.325 e. The van der Waals surface area contributed by atoms with Crippen LogP contribution in [0, 0.1) is 5.92 Å². The normalized spacial score (nSPS) is 12.0. The zero-order chi connectivity index (χ0) is 21.4. The summed E-state index contributed by atoms with van der Waals surface area (Å²) in [5, 5.41) is 2.77. The van der Waals surface area contributed by atoms with Gasteiger partial charge in [-0.2, -0.15) is 5.90 Å². The van der Waals surface area contributed by atoms with Gasteiger partial charge in [0.15, 0.2) is 0 Å². The lowest BCUT2D eigenvalue weighted by molar-refractivity contribution is -0.164. The molecule has 0 aliphatic carbocycles. The Morgan fingerprint density at radius 1 is 1.07 bits per heavy atom. The topological polar surface area (TPSA) is 121 Å². The Balaban J connectivity index is 2.08. The summed E-state index contributed by atoms with van der Waals surface area (Å²) >= 11 is 0. The lowest BCUT2D eigenvalue weighted by atomic mass is 9.95. The van der Waals surface area contributed by atoms with Gasteiger partial charge in [0.1, 0.15) is 5.60 Å². The van der Waals surface area contributed by atoms with Crippen LogP contribution in [0.15, 0.2) is 48.8 Å². The lowest BCUT2D eigenvalue weighted by Crippen LogP contribution is -2.31. The quantitative estimate of drug-likeness (QED) is 0.542. The van der Waals surface area contributed by atoms with Crippen molar-refractivity contribution in [3.05, 3.63) is 59.9 Å². The van der Waals surface area contributed by atoms with Crippen molar-refractivity contribution in [1.82, 2.24) is 4.98 Å². The third kappa shape index (κ3) is 7.34. The predicted molar refractivity (Wildman–Crippen MR) is 107 cm³/mol. The Morgan fingerprint density at radius 2 is 1.69 bits per heavy atom. The number of ether oxygens (including phenoxy) is 1. The number of nitrogens with two attached hydrogens (primary N) is 1. The van der Waals surface area contributed by atoms with Gasteiger partial charge in [-0.25, -0.2) is 0 Å². The van der Waals surface area contributed by atoms with E-state index in [9.17, 15) is 14.4 Å². The largest absolute Gasteiger partial charge is 0.460 e. The molecule has 0 aliphatic rings. The molecule has 8 nitrogen and oxygen atoms in total. The molecule has 3 N–H and O–H groups in total. The second-order valence-electron chi connectivity index (χ2n) is 7.52. The number of carbonyl (C=O) groups is 3. The third-order valence-corrected chi connectivity index (χ3v) is 3.92. The highest BCUT2D eigenvalue weighted by Crippen LogP contribution is 2.19. The standard InChI is InChI=1S/C21H25N3O5/c1-21(2,3)28-20(27)16(13-18(25)29-22)12-14-4-6-15(7-5-14)19(26)24-17-8-10-23-11-9-17/h4-11,16H,12-13,22H2,1-3H3,(H,23,24,26)/t16-/m1/s1. The summed E-state index contributed by atoms with van der Waals surface area (Å²) < 4.78 is 5.39. The van der Waals surface area contributed by atoms with Gasteiger partial charge in [-0.05, 0) is 57.0 Å². The van der Waals surface area contributed by atoms with Crippen LogP contribution in [0.2, 0.25) is 0 Å². The lowest BCUT2D eigenvalue weighted by Gasteiger charge is -2.23. The van der Waals surface area contributed by atoms with E-state index in [1.54, 1.807) is 69.6 Å². The first-order chi connectivity index (χ1) is 13.7. The van der Waals surface area contributed by atoms with E-state index in [2.05, 4.69) is 15.1 Å². The molecule has 2 rings (SSSR count). The van der Waals surface area contributed by atoms with E-state index in [4.69, 9.17) is 10.6 Å². The molecule has 1 amide bonds. The molecule has 0 spiro atoms. The summed E-state index contributed by atoms with van der Waals surface area (Å²) in [6.07, 6.45) is 3.22. The summed E-state index contributed by atoms with van der Waals surface area (Å²) in [5.41, 5.74) is 1.18. The maximum absolute atomic E-state index is 12.5. The van der Waals surface area contributed by atoms with E-state index in [0.717, 1.165) is 5.56 Å². The number of nitrogens with one attached hydrogen (secondary N) is 1. The molecule has 154 valence electrons. The van der Waals surface area contributed by atoms with Crippen molar-refractivity contribution >= 4 is 23.5 Å². The summed E-state index contributed by atoms with van der Waals surface area (Å²) in [5.74, 6) is 2.68. The second-order valence-corrected chi connectivity index (χ2v) is 7.52. The number of amides is 1. The van der Waals surface area contributed by atoms with Gasteiger partial charge in [-0.3, -0.25) is 19.4 Å². The molecule has 0 saturated carbocycles. The molecule has 2 aromatic rings. The molecule has 1 heterocycles. The molecule has 0 bridgehead atoms. The Hall–Kier alpha value is -3.26. The number of anilines is 1. The molecule has 0 aliphatic heterocycles. The first-order valence-electron chi connectivity index (χ1n) is 9.10. The number of carbonyl (C=O) groups excluding carboxylic acids is 3. The maximum atomic E-state index is 12.5. The Labute approximate surface area is 169 Å². The molecular formula is C21H25N3O5. The van der Waals surface area contributed by atoms with Crippen LogP contribution in [-0.4, -0.2) is 28.4 Å². The number of aromatic nitrogens is 1. The molecule has 1 aromatic carbocycles. The van der Waals surface area contributed by atoms with Gasteiger partial charge in [0.05, 0.1) is 12.3 Å². The van der Waals surface area contributed by atoms with Crippen LogP contribution in [0.1, 0.15) is 43.1 Å². The molecule has 0 saturated heterocycles. The molecular weight excluding hydrogens is 374 g/mol. The van der Waals surface area contributed by atoms with E-state index in [0.29, 0.717) is 11.3 Å². The number of hydrogen-bond acceptors (Lipinski definition) is 7. The smallest absolute Gasteiger partial charge is 0.325 e. The minimum absolute atomic E-state index is 0.199. The van der Waals surface area contributed by atoms with E-state index < -0.39 is 23.5 Å². The number of pyridine rings is 1. The van der Waals surface area contributed by atoms with Gasteiger partial charge in [0.25, 0.3) is 5.91 Å². The number of hydrogen-bond donors (Lipinski definition) is 2. The van der Waals surface area contributed by atoms with Crippen LogP contribution in [0.3, 0.4) is 0 Å². The zero-order valence-electron chi connectivity index (χ0n) is 16.7. The fourth-order valence-electron chi connectivity index (χ4n) is 2.59. The molecule has 29 heavy (non-hydrogen) atoms. The van der Waals surface area contributed by atoms with E-state index in [1.807, 2.05) is 0 Å². The summed E-state index contributed by atoms with van der Waals surface area (Å²) in [4.78, 5) is 44.5. The minimum atomic E-state index is -0.748. The van der Waals surface area contributed by atoms with Gasteiger partial charge in [0, 0.05) is 23.6 Å². The number of esters is 1. The van der Waals surface area contributed by atoms with E-state index in [-0.39, 0.29) is 18.7 Å². The zero-order valence-corrected chi connectivity index (χ0v) is 16.7. The number of benzene rings is 1. The summed E-state index contributed by atoms with van der Waals surface area (Å²) in [6.45, 7) is 5.25. The molecule has 1 aromatic heterocycles. The molecule has 0 radical (unpaired) electrons. The van der Waals surface area contributed by atoms with Crippen LogP contribution in [0.25, 0.3) is 0 Å². The highest BCUT2D eigenvalue weighted by atomic mass is 16.7. The Bertz CT molecular complexity index is 845. The number of rotatable bonds is 7. The fourth-order valence-corrected chi connectivity index (χ4v) is 2.59. The third-order valence-electron chi connectivity index (χ3n) is 3.92. The molecule has 1 atom stereocenters. The number of nitrogens with zero attached hydrogens (tertiary/aromatic N) is 1. The van der Waals surface area contributed by atoms with Gasteiger partial charge < -0.3 is 14.9 Å². The van der Waals surface area contributed by atoms with Gasteiger partial charge in [0.2, 0.25) is 0 Å². The van der Waals surface area contributed by atoms with Gasteiger partial charge >= 0.3 is 11.9 Å². The van der Waals surface area contributed by atoms with Crippen molar-refractivity contribution in [2.75, 3.05) is 5.32 Å². The fraction of sp³-hybridized carbons (Fsp3) is 0.333. The van der Waals surface area contributed by atoms with Crippen LogP contribution < -0.4 is 11.2 Å². The van der Waals surface area contributed by atoms with Crippen LogP contribution in [-0.2, 0) is 25.6 Å². The van der Waals surface area contributed by atoms with Crippen molar-refractivity contribution in [2.24, 2.45) is 11.8 Å². The average Bonchev–Trinajstić information content (AvgIpc) is 2.67. The van der Waals surface area contributed by atoms with Gasteiger partial charge in [-0.15, -0.1) is 0 Å². The first-order valence-corrected chi connectivity index (χ1v) is 9.10. The van der Waals surface area contributed by atoms with Crippen LogP contribution in [0.5, 0.6) is 0 Å². The first kappa shape index (κ1) is 22.0. The highest BCUT2D eigenvalue weighted by Gasteiger charge is 2.28. The molecule has 0 unspecified atom stereocenters. The summed E-state index contributed by atoms with van der Waals surface area (Å²) in [7, 11) is 0. The SMILES string of the molecule is CC(C)(C)OC(=O)[C@@H](CC(=O)ON)Cc1ccc(C(=O)Nc2ccncc2)cc1. The summed E-state index contributed by atoms with van der Waals surface area (Å²) in [6, 6.07) is 10.1. The Kier molecular flexibility index (Phi) is 7.44. The van der Waals surface area contributed by atoms with Crippen molar-refractivity contribution in [1.29, 1.82) is 0 Å².